The van der Waals surface area contributed by atoms with E-state index in [1.807, 2.05) is 0 Å². The lowest BCUT2D eigenvalue weighted by Crippen LogP contribution is -2.16. The predicted octanol–water partition coefficient (Wildman–Crippen LogP) is 6.56. The molecule has 24 heavy (non-hydrogen) atoms. The summed E-state index contributed by atoms with van der Waals surface area (Å²) in [6.07, 6.45) is 21.2. The first-order chi connectivity index (χ1) is 11.7. The van der Waals surface area contributed by atoms with Gasteiger partial charge in [-0.15, -0.1) is 0 Å². The molecule has 0 amide bonds. The molecule has 0 aromatic carbocycles. The summed E-state index contributed by atoms with van der Waals surface area (Å²) < 4.78 is 9.95. The Balaban J connectivity index is 3.22. The maximum Gasteiger partial charge on any atom is 0.308 e. The van der Waals surface area contributed by atoms with E-state index >= 15 is 0 Å². The van der Waals surface area contributed by atoms with Crippen LogP contribution < -0.4 is 0 Å². The van der Waals surface area contributed by atoms with Crippen molar-refractivity contribution in [3.63, 3.8) is 0 Å². The number of unbranched alkanes of at least 4 members (excludes halogenated alkanes) is 11. The summed E-state index contributed by atoms with van der Waals surface area (Å²) in [5.41, 5.74) is 0. The monoisotopic (exact) mass is 340 g/mol. The van der Waals surface area contributed by atoms with Crippen molar-refractivity contribution in [1.29, 1.82) is 0 Å². The van der Waals surface area contributed by atoms with E-state index in [-0.39, 0.29) is 5.97 Å². The zero-order chi connectivity index (χ0) is 17.9. The second-order valence-electron chi connectivity index (χ2n) is 6.63. The molecule has 142 valence electrons. The van der Waals surface area contributed by atoms with Gasteiger partial charge in [-0.2, -0.15) is 0 Å². The first-order valence-corrected chi connectivity index (χ1v) is 10.1. The maximum atomic E-state index is 11.4. The summed E-state index contributed by atoms with van der Waals surface area (Å²) in [6.45, 7) is 4.00. The Morgan fingerprint density at radius 2 is 1.33 bits per heavy atom. The van der Waals surface area contributed by atoms with E-state index in [0.29, 0.717) is 6.42 Å². The Kier molecular flexibility index (Phi) is 17.9. The van der Waals surface area contributed by atoms with Crippen LogP contribution in [0.4, 0.5) is 0 Å². The smallest absolute Gasteiger partial charge is 0.308 e. The molecule has 0 spiro atoms. The third-order valence-corrected chi connectivity index (χ3v) is 4.27. The number of rotatable bonds is 17. The van der Waals surface area contributed by atoms with Crippen molar-refractivity contribution in [2.45, 2.75) is 110 Å². The number of esters is 1. The van der Waals surface area contributed by atoms with Crippen LogP contribution in [0.15, 0.2) is 12.2 Å². The van der Waals surface area contributed by atoms with Crippen LogP contribution in [0.1, 0.15) is 104 Å². The van der Waals surface area contributed by atoms with Crippen molar-refractivity contribution in [2.24, 2.45) is 0 Å². The predicted molar refractivity (Wildman–Crippen MR) is 102 cm³/mol. The van der Waals surface area contributed by atoms with Crippen LogP contribution in [-0.2, 0) is 14.3 Å². The third-order valence-electron chi connectivity index (χ3n) is 4.27. The zero-order valence-electron chi connectivity index (χ0n) is 16.4. The Morgan fingerprint density at radius 3 is 1.88 bits per heavy atom. The van der Waals surface area contributed by atoms with Gasteiger partial charge in [-0.3, -0.25) is 4.79 Å². The summed E-state index contributed by atoms with van der Waals surface area (Å²) in [5, 5.41) is 0. The molecule has 0 aromatic rings. The Hall–Kier alpha value is -0.830. The molecule has 1 atom stereocenters. The molecule has 0 radical (unpaired) electrons. The number of hydrogen-bond donors (Lipinski definition) is 0. The molecule has 0 aliphatic rings. The molecule has 0 saturated heterocycles. The fourth-order valence-corrected chi connectivity index (χ4v) is 2.63. The number of methoxy groups -OCH3 is 1. The molecule has 3 nitrogen and oxygen atoms in total. The van der Waals surface area contributed by atoms with Gasteiger partial charge in [-0.1, -0.05) is 70.4 Å². The summed E-state index contributed by atoms with van der Waals surface area (Å²) in [4.78, 5) is 11.4. The number of ether oxygens (including phenoxy) is 2. The standard InChI is InChI=1S/C21H40O3/c1-4-5-6-7-8-9-10-11-12-13-14-15-16-17-18-19-21(22)24-20(2)23-3/h11-12,20H,4-10,13-19H2,1-3H3/b12-11-. The first-order valence-electron chi connectivity index (χ1n) is 10.1. The lowest BCUT2D eigenvalue weighted by atomic mass is 10.1. The van der Waals surface area contributed by atoms with Crippen LogP contribution in [-0.4, -0.2) is 19.4 Å². The van der Waals surface area contributed by atoms with Crippen molar-refractivity contribution in [3.05, 3.63) is 12.2 Å². The molecule has 0 aliphatic heterocycles. The van der Waals surface area contributed by atoms with E-state index in [4.69, 9.17) is 9.47 Å². The van der Waals surface area contributed by atoms with Gasteiger partial charge >= 0.3 is 5.97 Å². The van der Waals surface area contributed by atoms with Crippen molar-refractivity contribution in [2.75, 3.05) is 7.11 Å². The van der Waals surface area contributed by atoms with Gasteiger partial charge in [0, 0.05) is 13.5 Å². The van der Waals surface area contributed by atoms with E-state index in [1.165, 1.54) is 70.6 Å². The highest BCUT2D eigenvalue weighted by atomic mass is 16.7. The van der Waals surface area contributed by atoms with Crippen molar-refractivity contribution < 1.29 is 14.3 Å². The van der Waals surface area contributed by atoms with Crippen molar-refractivity contribution in [3.8, 4) is 0 Å². The quantitative estimate of drug-likeness (QED) is 0.130. The van der Waals surface area contributed by atoms with Gasteiger partial charge in [0.1, 0.15) is 0 Å². The molecule has 3 heteroatoms. The van der Waals surface area contributed by atoms with Crippen LogP contribution in [0.3, 0.4) is 0 Å². The zero-order valence-corrected chi connectivity index (χ0v) is 16.4. The van der Waals surface area contributed by atoms with Gasteiger partial charge in [0.15, 0.2) is 6.29 Å². The Labute approximate surface area is 150 Å². The largest absolute Gasteiger partial charge is 0.436 e. The molecular formula is C21H40O3. The number of carbonyl (C=O) groups is 1. The van der Waals surface area contributed by atoms with Crippen molar-refractivity contribution in [1.82, 2.24) is 0 Å². The second-order valence-corrected chi connectivity index (χ2v) is 6.63. The maximum absolute atomic E-state index is 11.4. The average Bonchev–Trinajstić information content (AvgIpc) is 2.58. The van der Waals surface area contributed by atoms with Gasteiger partial charge in [-0.05, 0) is 39.0 Å². The summed E-state index contributed by atoms with van der Waals surface area (Å²) in [6, 6.07) is 0. The molecule has 0 bridgehead atoms. The second kappa shape index (κ2) is 18.5. The normalized spacial score (nSPS) is 12.6. The van der Waals surface area contributed by atoms with Gasteiger partial charge in [-0.25, -0.2) is 0 Å². The van der Waals surface area contributed by atoms with Gasteiger partial charge in [0.2, 0.25) is 0 Å². The van der Waals surface area contributed by atoms with E-state index in [9.17, 15) is 4.79 Å². The molecule has 0 saturated carbocycles. The van der Waals surface area contributed by atoms with E-state index in [0.717, 1.165) is 12.8 Å². The third kappa shape index (κ3) is 17.5. The van der Waals surface area contributed by atoms with Crippen molar-refractivity contribution >= 4 is 5.97 Å². The van der Waals surface area contributed by atoms with Crippen LogP contribution in [0.5, 0.6) is 0 Å². The molecule has 0 N–H and O–H groups in total. The topological polar surface area (TPSA) is 35.5 Å². The highest BCUT2D eigenvalue weighted by Crippen LogP contribution is 2.10. The molecular weight excluding hydrogens is 300 g/mol. The lowest BCUT2D eigenvalue weighted by molar-refractivity contribution is -0.169. The number of hydrogen-bond acceptors (Lipinski definition) is 3. The minimum absolute atomic E-state index is 0.151. The van der Waals surface area contributed by atoms with Gasteiger partial charge < -0.3 is 9.47 Å². The Morgan fingerprint density at radius 1 is 0.833 bits per heavy atom. The molecule has 1 unspecified atom stereocenters. The minimum Gasteiger partial charge on any atom is -0.436 e. The highest BCUT2D eigenvalue weighted by molar-refractivity contribution is 5.69. The van der Waals surface area contributed by atoms with Crippen LogP contribution in [0, 0.1) is 0 Å². The summed E-state index contributed by atoms with van der Waals surface area (Å²) >= 11 is 0. The van der Waals surface area contributed by atoms with Crippen LogP contribution >= 0.6 is 0 Å². The molecule has 0 fully saturated rings. The Bertz CT molecular complexity index is 299. The fraction of sp³-hybridized carbons (Fsp3) is 0.857. The van der Waals surface area contributed by atoms with Gasteiger partial charge in [0.25, 0.3) is 0 Å². The first kappa shape index (κ1) is 23.2. The summed E-state index contributed by atoms with van der Waals surface area (Å²) in [5.74, 6) is -0.151. The van der Waals surface area contributed by atoms with E-state index in [1.54, 1.807) is 14.0 Å². The highest BCUT2D eigenvalue weighted by Gasteiger charge is 2.07. The molecule has 0 rings (SSSR count). The number of carbonyl (C=O) groups excluding carboxylic acids is 1. The van der Waals surface area contributed by atoms with Crippen LogP contribution in [0.25, 0.3) is 0 Å². The van der Waals surface area contributed by atoms with E-state index in [2.05, 4.69) is 19.1 Å². The van der Waals surface area contributed by atoms with E-state index < -0.39 is 6.29 Å². The molecule has 0 heterocycles. The summed E-state index contributed by atoms with van der Waals surface area (Å²) in [7, 11) is 1.54. The fourth-order valence-electron chi connectivity index (χ4n) is 2.63. The molecule has 0 aliphatic carbocycles. The number of allylic oxidation sites excluding steroid dienone is 2. The SMILES string of the molecule is CCCCCCCC/C=C\CCCCCCCC(=O)OC(C)OC. The molecule has 0 aromatic heterocycles. The van der Waals surface area contributed by atoms with Crippen LogP contribution in [0.2, 0.25) is 0 Å². The van der Waals surface area contributed by atoms with Gasteiger partial charge in [0.05, 0.1) is 0 Å². The minimum atomic E-state index is -0.430. The average molecular weight is 341 g/mol. The lowest BCUT2D eigenvalue weighted by Gasteiger charge is -2.10.